The second kappa shape index (κ2) is 7.53. The van der Waals surface area contributed by atoms with Gasteiger partial charge in [0.25, 0.3) is 5.91 Å². The third-order valence-electron chi connectivity index (χ3n) is 3.17. The molecule has 0 atom stereocenters. The van der Waals surface area contributed by atoms with Crippen LogP contribution in [0.5, 0.6) is 0 Å². The van der Waals surface area contributed by atoms with Crippen molar-refractivity contribution in [1.82, 2.24) is 10.3 Å². The molecule has 3 aromatic rings. The average Bonchev–Trinajstić information content (AvgIpc) is 3.11. The largest absolute Gasteiger partial charge is 0.340 e. The Morgan fingerprint density at radius 1 is 1.12 bits per heavy atom. The predicted molar refractivity (Wildman–Crippen MR) is 93.2 cm³/mol. The molecule has 1 amide bonds. The van der Waals surface area contributed by atoms with Crippen molar-refractivity contribution < 1.29 is 9.18 Å². The van der Waals surface area contributed by atoms with Crippen LogP contribution in [0.3, 0.4) is 0 Å². The smallest absolute Gasteiger partial charge is 0.271 e. The summed E-state index contributed by atoms with van der Waals surface area (Å²) in [5.74, 6) is 5.13. The highest BCUT2D eigenvalue weighted by atomic mass is 32.1. The zero-order chi connectivity index (χ0) is 16.8. The number of amides is 1. The molecule has 1 aromatic heterocycles. The number of hydrogen-bond donors (Lipinski definition) is 1. The summed E-state index contributed by atoms with van der Waals surface area (Å²) in [5, 5.41) is 5.23. The fraction of sp³-hybridized carbons (Fsp3) is 0.0526. The van der Waals surface area contributed by atoms with Crippen molar-refractivity contribution >= 4 is 17.2 Å². The highest BCUT2D eigenvalue weighted by Gasteiger charge is 2.10. The summed E-state index contributed by atoms with van der Waals surface area (Å²) in [6, 6.07) is 15.6. The monoisotopic (exact) mass is 336 g/mol. The van der Waals surface area contributed by atoms with Gasteiger partial charge in [0.15, 0.2) is 0 Å². The van der Waals surface area contributed by atoms with Gasteiger partial charge in [-0.25, -0.2) is 9.37 Å². The zero-order valence-corrected chi connectivity index (χ0v) is 13.4. The molecule has 3 rings (SSSR count). The SMILES string of the molecule is O=C(NCC#Cc1ccc(F)cc1)c1csc(-c2ccccc2)n1. The van der Waals surface area contributed by atoms with Crippen LogP contribution in [0.4, 0.5) is 4.39 Å². The molecule has 0 radical (unpaired) electrons. The molecular weight excluding hydrogens is 323 g/mol. The number of benzene rings is 2. The Morgan fingerprint density at radius 2 is 1.88 bits per heavy atom. The predicted octanol–water partition coefficient (Wildman–Crippen LogP) is 3.73. The van der Waals surface area contributed by atoms with E-state index in [9.17, 15) is 9.18 Å². The van der Waals surface area contributed by atoms with E-state index in [-0.39, 0.29) is 18.3 Å². The van der Waals surface area contributed by atoms with Crippen LogP contribution in [0.15, 0.2) is 60.0 Å². The van der Waals surface area contributed by atoms with E-state index in [0.29, 0.717) is 11.3 Å². The maximum atomic E-state index is 12.8. The number of aromatic nitrogens is 1. The average molecular weight is 336 g/mol. The Hall–Kier alpha value is -2.97. The molecule has 0 bridgehead atoms. The van der Waals surface area contributed by atoms with Crippen molar-refractivity contribution in [3.05, 3.63) is 77.1 Å². The summed E-state index contributed by atoms with van der Waals surface area (Å²) in [4.78, 5) is 16.4. The van der Waals surface area contributed by atoms with Gasteiger partial charge in [-0.2, -0.15) is 0 Å². The minimum Gasteiger partial charge on any atom is -0.340 e. The fourth-order valence-corrected chi connectivity index (χ4v) is 2.79. The lowest BCUT2D eigenvalue weighted by molar-refractivity contribution is 0.0954. The molecule has 0 saturated carbocycles. The summed E-state index contributed by atoms with van der Waals surface area (Å²) in [6.07, 6.45) is 0. The first-order valence-corrected chi connectivity index (χ1v) is 8.14. The van der Waals surface area contributed by atoms with Crippen molar-refractivity contribution in [3.63, 3.8) is 0 Å². The van der Waals surface area contributed by atoms with Gasteiger partial charge in [-0.1, -0.05) is 42.2 Å². The first-order valence-electron chi connectivity index (χ1n) is 7.26. The molecule has 1 N–H and O–H groups in total. The number of rotatable bonds is 3. The standard InChI is InChI=1S/C19H13FN2OS/c20-16-10-8-14(9-11-16)5-4-12-21-18(23)17-13-24-19(22-17)15-6-2-1-3-7-15/h1-3,6-11,13H,12H2,(H,21,23). The minimum atomic E-state index is -0.299. The van der Waals surface area contributed by atoms with Gasteiger partial charge in [0.2, 0.25) is 0 Å². The maximum absolute atomic E-state index is 12.8. The van der Waals surface area contributed by atoms with E-state index in [0.717, 1.165) is 10.6 Å². The molecule has 0 fully saturated rings. The summed E-state index contributed by atoms with van der Waals surface area (Å²) in [6.45, 7) is 0.203. The van der Waals surface area contributed by atoms with Gasteiger partial charge >= 0.3 is 0 Å². The highest BCUT2D eigenvalue weighted by molar-refractivity contribution is 7.13. The molecular formula is C19H13FN2OS. The molecule has 1 heterocycles. The van der Waals surface area contributed by atoms with Gasteiger partial charge < -0.3 is 5.32 Å². The van der Waals surface area contributed by atoms with Gasteiger partial charge in [0.05, 0.1) is 6.54 Å². The molecule has 0 unspecified atom stereocenters. The molecule has 0 aliphatic carbocycles. The fourth-order valence-electron chi connectivity index (χ4n) is 1.99. The Kier molecular flexibility index (Phi) is 4.99. The molecule has 24 heavy (non-hydrogen) atoms. The Labute approximate surface area is 143 Å². The third kappa shape index (κ3) is 4.06. The third-order valence-corrected chi connectivity index (χ3v) is 4.06. The van der Waals surface area contributed by atoms with E-state index >= 15 is 0 Å². The topological polar surface area (TPSA) is 42.0 Å². The summed E-state index contributed by atoms with van der Waals surface area (Å²) in [5.41, 5.74) is 2.06. The van der Waals surface area contributed by atoms with E-state index < -0.39 is 0 Å². The van der Waals surface area contributed by atoms with Crippen LogP contribution >= 0.6 is 11.3 Å². The molecule has 0 aliphatic heterocycles. The molecule has 5 heteroatoms. The van der Waals surface area contributed by atoms with E-state index in [1.807, 2.05) is 30.3 Å². The van der Waals surface area contributed by atoms with Crippen LogP contribution in [0.25, 0.3) is 10.6 Å². The van der Waals surface area contributed by atoms with Crippen molar-refractivity contribution in [2.45, 2.75) is 0 Å². The number of nitrogens with zero attached hydrogens (tertiary/aromatic N) is 1. The normalized spacial score (nSPS) is 9.88. The lowest BCUT2D eigenvalue weighted by Crippen LogP contribution is -2.23. The number of halogens is 1. The molecule has 0 saturated heterocycles. The van der Waals surface area contributed by atoms with E-state index in [1.54, 1.807) is 17.5 Å². The molecule has 0 spiro atoms. The second-order valence-corrected chi connectivity index (χ2v) is 5.75. The Bertz CT molecular complexity index is 892. The zero-order valence-electron chi connectivity index (χ0n) is 12.6. The summed E-state index contributed by atoms with van der Waals surface area (Å²) >= 11 is 1.42. The summed E-state index contributed by atoms with van der Waals surface area (Å²) in [7, 11) is 0. The van der Waals surface area contributed by atoms with Crippen LogP contribution < -0.4 is 5.32 Å². The van der Waals surface area contributed by atoms with Crippen LogP contribution in [-0.2, 0) is 0 Å². The van der Waals surface area contributed by atoms with Crippen LogP contribution in [0.1, 0.15) is 16.1 Å². The molecule has 2 aromatic carbocycles. The molecule has 118 valence electrons. The number of hydrogen-bond acceptors (Lipinski definition) is 3. The van der Waals surface area contributed by atoms with Crippen molar-refractivity contribution in [3.8, 4) is 22.4 Å². The van der Waals surface area contributed by atoms with Gasteiger partial charge in [0, 0.05) is 16.5 Å². The van der Waals surface area contributed by atoms with E-state index in [4.69, 9.17) is 0 Å². The summed E-state index contributed by atoms with van der Waals surface area (Å²) < 4.78 is 12.8. The Morgan fingerprint density at radius 3 is 2.62 bits per heavy atom. The van der Waals surface area contributed by atoms with Crippen LogP contribution in [0, 0.1) is 17.7 Å². The van der Waals surface area contributed by atoms with Crippen LogP contribution in [-0.4, -0.2) is 17.4 Å². The van der Waals surface area contributed by atoms with Crippen LogP contribution in [0.2, 0.25) is 0 Å². The quantitative estimate of drug-likeness (QED) is 0.741. The van der Waals surface area contributed by atoms with E-state index in [2.05, 4.69) is 22.1 Å². The van der Waals surface area contributed by atoms with Gasteiger partial charge in [-0.15, -0.1) is 11.3 Å². The van der Waals surface area contributed by atoms with Crippen molar-refractivity contribution in [2.75, 3.05) is 6.54 Å². The Balaban J connectivity index is 1.58. The number of carbonyl (C=O) groups is 1. The number of carbonyl (C=O) groups excluding carboxylic acids is 1. The van der Waals surface area contributed by atoms with Crippen molar-refractivity contribution in [1.29, 1.82) is 0 Å². The first-order chi connectivity index (χ1) is 11.7. The van der Waals surface area contributed by atoms with Gasteiger partial charge in [0.1, 0.15) is 16.5 Å². The van der Waals surface area contributed by atoms with Gasteiger partial charge in [-0.05, 0) is 24.3 Å². The number of nitrogens with one attached hydrogen (secondary N) is 1. The highest BCUT2D eigenvalue weighted by Crippen LogP contribution is 2.23. The minimum absolute atomic E-state index is 0.203. The van der Waals surface area contributed by atoms with Crippen molar-refractivity contribution in [2.24, 2.45) is 0 Å². The maximum Gasteiger partial charge on any atom is 0.271 e. The van der Waals surface area contributed by atoms with E-state index in [1.165, 1.54) is 23.5 Å². The second-order valence-electron chi connectivity index (χ2n) is 4.90. The number of thiazole rings is 1. The first kappa shape index (κ1) is 15.9. The molecule has 3 nitrogen and oxygen atoms in total. The lowest BCUT2D eigenvalue weighted by Gasteiger charge is -1.97. The molecule has 0 aliphatic rings. The lowest BCUT2D eigenvalue weighted by atomic mass is 10.2. The van der Waals surface area contributed by atoms with Gasteiger partial charge in [-0.3, -0.25) is 4.79 Å².